The van der Waals surface area contributed by atoms with Crippen LogP contribution in [0.4, 0.5) is 5.69 Å². The zero-order chi connectivity index (χ0) is 9.84. The highest BCUT2D eigenvalue weighted by Gasteiger charge is 2.14. The van der Waals surface area contributed by atoms with Gasteiger partial charge in [0.15, 0.2) is 6.20 Å². The number of pyridine rings is 1. The number of aromatic nitrogens is 1. The molecule has 0 saturated carbocycles. The van der Waals surface area contributed by atoms with E-state index in [4.69, 9.17) is 22.1 Å². The van der Waals surface area contributed by atoms with E-state index in [1.54, 1.807) is 6.92 Å². The van der Waals surface area contributed by atoms with Crippen LogP contribution >= 0.6 is 11.6 Å². The molecule has 5 heteroatoms. The zero-order valence-electron chi connectivity index (χ0n) is 7.13. The lowest BCUT2D eigenvalue weighted by atomic mass is 10.2. The molecule has 0 atom stereocenters. The van der Waals surface area contributed by atoms with Gasteiger partial charge in [-0.15, -0.1) is 0 Å². The van der Waals surface area contributed by atoms with Gasteiger partial charge in [0.1, 0.15) is 5.56 Å². The van der Waals surface area contributed by atoms with Gasteiger partial charge in [0.05, 0.1) is 12.3 Å². The number of halogens is 1. The molecule has 0 aliphatic rings. The Balaban J connectivity index is 2.95. The number of H-pyrrole nitrogens is 1. The van der Waals surface area contributed by atoms with E-state index in [1.807, 2.05) is 0 Å². The first kappa shape index (κ1) is 9.80. The quantitative estimate of drug-likeness (QED) is 0.572. The number of anilines is 1. The van der Waals surface area contributed by atoms with Crippen molar-refractivity contribution in [3.05, 3.63) is 23.0 Å². The molecule has 0 spiro atoms. The number of rotatable bonds is 2. The molecule has 0 fully saturated rings. The predicted octanol–water partition coefficient (Wildman–Crippen LogP) is 0.913. The lowest BCUT2D eigenvalue weighted by Gasteiger charge is -2.01. The first-order chi connectivity index (χ1) is 6.15. The van der Waals surface area contributed by atoms with Crippen molar-refractivity contribution in [3.8, 4) is 0 Å². The Morgan fingerprint density at radius 1 is 1.77 bits per heavy atom. The monoisotopic (exact) mass is 201 g/mol. The first-order valence-corrected chi connectivity index (χ1v) is 4.16. The van der Waals surface area contributed by atoms with Crippen LogP contribution in [0.2, 0.25) is 5.15 Å². The van der Waals surface area contributed by atoms with Gasteiger partial charge in [0.2, 0.25) is 0 Å². The van der Waals surface area contributed by atoms with Crippen LogP contribution in [0.5, 0.6) is 0 Å². The number of carbonyl (C=O) groups is 1. The van der Waals surface area contributed by atoms with Crippen LogP contribution < -0.4 is 10.7 Å². The molecule has 0 radical (unpaired) electrons. The number of hydrogen-bond acceptors (Lipinski definition) is 3. The Labute approximate surface area is 80.7 Å². The van der Waals surface area contributed by atoms with Crippen molar-refractivity contribution in [1.29, 1.82) is 0 Å². The fourth-order valence-corrected chi connectivity index (χ4v) is 1.04. The largest absolute Gasteiger partial charge is 0.462 e. The summed E-state index contributed by atoms with van der Waals surface area (Å²) in [4.78, 5) is 13.9. The van der Waals surface area contributed by atoms with Gasteiger partial charge in [-0.05, 0) is 18.5 Å². The summed E-state index contributed by atoms with van der Waals surface area (Å²) in [5, 5.41) is 0.380. The molecule has 70 valence electrons. The van der Waals surface area contributed by atoms with Crippen LogP contribution in [0.25, 0.3) is 0 Å². The molecule has 0 aliphatic carbocycles. The molecule has 0 bridgehead atoms. The third kappa shape index (κ3) is 2.32. The number of carbonyl (C=O) groups excluding carboxylic acids is 1. The Kier molecular flexibility index (Phi) is 3.08. The molecule has 1 heterocycles. The topological polar surface area (TPSA) is 66.5 Å². The van der Waals surface area contributed by atoms with E-state index in [0.717, 1.165) is 0 Å². The number of ether oxygens (including phenoxy) is 1. The number of aromatic amines is 1. The molecule has 3 N–H and O–H groups in total. The van der Waals surface area contributed by atoms with Crippen LogP contribution in [0.3, 0.4) is 0 Å². The van der Waals surface area contributed by atoms with Gasteiger partial charge < -0.3 is 10.5 Å². The molecule has 0 aliphatic heterocycles. The van der Waals surface area contributed by atoms with E-state index in [1.165, 1.54) is 12.3 Å². The van der Waals surface area contributed by atoms with Crippen LogP contribution in [0, 0.1) is 0 Å². The van der Waals surface area contributed by atoms with Gasteiger partial charge in [-0.3, -0.25) is 0 Å². The lowest BCUT2D eigenvalue weighted by Crippen LogP contribution is -2.14. The maximum absolute atomic E-state index is 11.2. The predicted molar refractivity (Wildman–Crippen MR) is 48.4 cm³/mol. The number of hydrogen-bond donors (Lipinski definition) is 1. The van der Waals surface area contributed by atoms with E-state index in [-0.39, 0.29) is 0 Å². The average Bonchev–Trinajstić information content (AvgIpc) is 2.04. The summed E-state index contributed by atoms with van der Waals surface area (Å²) < 4.78 is 4.77. The summed E-state index contributed by atoms with van der Waals surface area (Å²) >= 11 is 5.61. The fraction of sp³-hybridized carbons (Fsp3) is 0.250. The summed E-state index contributed by atoms with van der Waals surface area (Å²) in [6, 6.07) is 1.47. The summed E-state index contributed by atoms with van der Waals surface area (Å²) in [6.07, 6.45) is 1.43. The van der Waals surface area contributed by atoms with Crippen molar-refractivity contribution in [2.45, 2.75) is 6.92 Å². The maximum atomic E-state index is 11.2. The second-order valence-electron chi connectivity index (χ2n) is 2.37. The standard InChI is InChI=1S/C8H9ClN2O2/c1-2-13-8(12)5-4-11-7(9)3-6(5)10/h3-4H,2H2,1H3,(H2,10,11)/p+1. The van der Waals surface area contributed by atoms with E-state index < -0.39 is 5.97 Å². The summed E-state index contributed by atoms with van der Waals surface area (Å²) in [5.41, 5.74) is 6.15. The van der Waals surface area contributed by atoms with Gasteiger partial charge in [-0.2, -0.15) is 0 Å². The molecule has 0 unspecified atom stereocenters. The van der Waals surface area contributed by atoms with Crippen molar-refractivity contribution in [3.63, 3.8) is 0 Å². The minimum absolute atomic E-state index is 0.297. The van der Waals surface area contributed by atoms with Crippen LogP contribution in [-0.2, 0) is 4.74 Å². The molecule has 1 aromatic rings. The molecule has 0 amide bonds. The van der Waals surface area contributed by atoms with Gasteiger partial charge >= 0.3 is 5.97 Å². The highest BCUT2D eigenvalue weighted by molar-refractivity contribution is 6.28. The van der Waals surface area contributed by atoms with Crippen molar-refractivity contribution in [2.24, 2.45) is 0 Å². The van der Waals surface area contributed by atoms with Gasteiger partial charge in [0.25, 0.3) is 5.15 Å². The smallest absolute Gasteiger partial charge is 0.346 e. The lowest BCUT2D eigenvalue weighted by molar-refractivity contribution is -0.375. The molecule has 1 aromatic heterocycles. The normalized spacial score (nSPS) is 9.69. The first-order valence-electron chi connectivity index (χ1n) is 3.79. The van der Waals surface area contributed by atoms with Crippen molar-refractivity contribution < 1.29 is 14.5 Å². The minimum atomic E-state index is -0.451. The van der Waals surface area contributed by atoms with Crippen molar-refractivity contribution >= 4 is 23.3 Å². The average molecular weight is 202 g/mol. The molecule has 13 heavy (non-hydrogen) atoms. The zero-order valence-corrected chi connectivity index (χ0v) is 7.89. The molecule has 0 saturated heterocycles. The second-order valence-corrected chi connectivity index (χ2v) is 2.78. The Morgan fingerprint density at radius 2 is 2.46 bits per heavy atom. The number of nitrogens with two attached hydrogens (primary N) is 1. The Bertz CT molecular complexity index is 328. The molecular weight excluding hydrogens is 192 g/mol. The fourth-order valence-electron chi connectivity index (χ4n) is 0.866. The number of nitrogens with one attached hydrogen (secondary N) is 1. The number of esters is 1. The van der Waals surface area contributed by atoms with Crippen LogP contribution in [-0.4, -0.2) is 12.6 Å². The van der Waals surface area contributed by atoms with Crippen molar-refractivity contribution in [2.75, 3.05) is 12.3 Å². The van der Waals surface area contributed by atoms with E-state index in [2.05, 4.69) is 4.98 Å². The molecule has 1 rings (SSSR count). The summed E-state index contributed by atoms with van der Waals surface area (Å²) in [7, 11) is 0. The number of nitrogen functional groups attached to an aromatic ring is 1. The maximum Gasteiger partial charge on any atom is 0.346 e. The molecule has 0 aromatic carbocycles. The molecular formula is C8H10ClN2O2+. The van der Waals surface area contributed by atoms with Gasteiger partial charge in [-0.1, -0.05) is 0 Å². The third-order valence-electron chi connectivity index (χ3n) is 1.44. The van der Waals surface area contributed by atoms with Crippen LogP contribution in [0.1, 0.15) is 17.3 Å². The third-order valence-corrected chi connectivity index (χ3v) is 1.66. The van der Waals surface area contributed by atoms with E-state index in [0.29, 0.717) is 23.0 Å². The highest BCUT2D eigenvalue weighted by Crippen LogP contribution is 2.13. The summed E-state index contributed by atoms with van der Waals surface area (Å²) in [5.74, 6) is -0.451. The molecule has 4 nitrogen and oxygen atoms in total. The highest BCUT2D eigenvalue weighted by atomic mass is 35.5. The van der Waals surface area contributed by atoms with Gasteiger partial charge in [0, 0.05) is 6.07 Å². The van der Waals surface area contributed by atoms with E-state index >= 15 is 0 Å². The SMILES string of the molecule is CCOC(=O)c1c[nH+]c(Cl)cc1N. The van der Waals surface area contributed by atoms with Crippen LogP contribution in [0.15, 0.2) is 12.3 Å². The Morgan fingerprint density at radius 3 is 3.00 bits per heavy atom. The van der Waals surface area contributed by atoms with Crippen molar-refractivity contribution in [1.82, 2.24) is 0 Å². The second kappa shape index (κ2) is 4.09. The Hall–Kier alpha value is -1.29. The minimum Gasteiger partial charge on any atom is -0.462 e. The van der Waals surface area contributed by atoms with Gasteiger partial charge in [-0.25, -0.2) is 9.78 Å². The summed E-state index contributed by atoms with van der Waals surface area (Å²) in [6.45, 7) is 2.05. The van der Waals surface area contributed by atoms with E-state index in [9.17, 15) is 4.79 Å².